The van der Waals surface area contributed by atoms with Crippen LogP contribution in [0.2, 0.25) is 0 Å². The number of carbonyl (C=O) groups is 1. The fraction of sp³-hybridized carbons (Fsp3) is 0.294. The summed E-state index contributed by atoms with van der Waals surface area (Å²) in [5.74, 6) is 5.76. The Balaban J connectivity index is 2.15. The van der Waals surface area contributed by atoms with Crippen LogP contribution in [0, 0.1) is 11.8 Å². The third-order valence-corrected chi connectivity index (χ3v) is 3.60. The number of fused-ring (bicyclic) bond motifs is 3. The minimum Gasteiger partial charge on any atom is -0.491 e. The predicted molar refractivity (Wildman–Crippen MR) is 84.6 cm³/mol. The number of rotatable bonds is 1. The van der Waals surface area contributed by atoms with Crippen molar-refractivity contribution in [2.45, 2.75) is 25.9 Å². The molecular weight excluding hydrogens is 294 g/mol. The molecule has 2 heterocycles. The first kappa shape index (κ1) is 15.1. The Labute approximate surface area is 133 Å². The normalized spacial score (nSPS) is 16.9. The van der Waals surface area contributed by atoms with Crippen LogP contribution in [-0.4, -0.2) is 33.5 Å². The highest BCUT2D eigenvalue weighted by Crippen LogP contribution is 2.32. The first-order valence-corrected chi connectivity index (χ1v) is 7.32. The number of hydrogen-bond acceptors (Lipinski definition) is 4. The number of ether oxygens (including phenoxy) is 1. The first-order chi connectivity index (χ1) is 11.0. The van der Waals surface area contributed by atoms with E-state index >= 15 is 0 Å². The van der Waals surface area contributed by atoms with Crippen molar-refractivity contribution in [1.82, 2.24) is 9.78 Å². The SMILES string of the molecule is CC(O)C#Cc1ccc2c(c1)-n1nc(C(N)=O)cc1[C@@H](C)CO2. The molecule has 118 valence electrons. The van der Waals surface area contributed by atoms with Crippen LogP contribution in [-0.2, 0) is 0 Å². The Kier molecular flexibility index (Phi) is 3.80. The van der Waals surface area contributed by atoms with Crippen LogP contribution in [0.3, 0.4) is 0 Å². The summed E-state index contributed by atoms with van der Waals surface area (Å²) in [7, 11) is 0. The zero-order chi connectivity index (χ0) is 16.6. The summed E-state index contributed by atoms with van der Waals surface area (Å²) in [6, 6.07) is 7.15. The molecule has 6 nitrogen and oxygen atoms in total. The molecule has 0 saturated carbocycles. The minimum atomic E-state index is -0.702. The van der Waals surface area contributed by atoms with Crippen molar-refractivity contribution < 1.29 is 14.6 Å². The Morgan fingerprint density at radius 2 is 2.30 bits per heavy atom. The fourth-order valence-electron chi connectivity index (χ4n) is 2.43. The molecule has 1 aliphatic rings. The maximum atomic E-state index is 11.4. The van der Waals surface area contributed by atoms with Crippen molar-refractivity contribution in [3.63, 3.8) is 0 Å². The molecule has 0 aliphatic carbocycles. The highest BCUT2D eigenvalue weighted by atomic mass is 16.5. The smallest absolute Gasteiger partial charge is 0.269 e. The van der Waals surface area contributed by atoms with Crippen molar-refractivity contribution in [3.05, 3.63) is 41.2 Å². The second-order valence-electron chi connectivity index (χ2n) is 5.57. The average molecular weight is 311 g/mol. The highest BCUT2D eigenvalue weighted by Gasteiger charge is 2.24. The van der Waals surface area contributed by atoms with Gasteiger partial charge < -0.3 is 15.6 Å². The van der Waals surface area contributed by atoms with Gasteiger partial charge in [0.25, 0.3) is 5.91 Å². The Morgan fingerprint density at radius 1 is 1.52 bits per heavy atom. The largest absolute Gasteiger partial charge is 0.491 e. The van der Waals surface area contributed by atoms with Crippen LogP contribution in [0.25, 0.3) is 5.69 Å². The number of carbonyl (C=O) groups excluding carboxylic acids is 1. The molecule has 0 spiro atoms. The third-order valence-electron chi connectivity index (χ3n) is 3.60. The van der Waals surface area contributed by atoms with Crippen LogP contribution >= 0.6 is 0 Å². The van der Waals surface area contributed by atoms with Crippen molar-refractivity contribution in [1.29, 1.82) is 0 Å². The summed E-state index contributed by atoms with van der Waals surface area (Å²) in [4.78, 5) is 11.4. The second kappa shape index (κ2) is 5.78. The molecule has 1 amide bonds. The molecule has 0 bridgehead atoms. The minimum absolute atomic E-state index is 0.0648. The van der Waals surface area contributed by atoms with Crippen LogP contribution in [0.4, 0.5) is 0 Å². The van der Waals surface area contributed by atoms with E-state index in [1.54, 1.807) is 17.7 Å². The number of primary amides is 1. The Hall–Kier alpha value is -2.78. The molecule has 1 aromatic heterocycles. The lowest BCUT2D eigenvalue weighted by Gasteiger charge is -2.08. The summed E-state index contributed by atoms with van der Waals surface area (Å²) in [5, 5.41) is 13.6. The summed E-state index contributed by atoms with van der Waals surface area (Å²) >= 11 is 0. The highest BCUT2D eigenvalue weighted by molar-refractivity contribution is 5.91. The molecule has 1 aliphatic heterocycles. The molecule has 3 rings (SSSR count). The van der Waals surface area contributed by atoms with E-state index in [2.05, 4.69) is 16.9 Å². The van der Waals surface area contributed by atoms with Gasteiger partial charge in [-0.3, -0.25) is 4.79 Å². The van der Waals surface area contributed by atoms with Gasteiger partial charge in [0.1, 0.15) is 17.5 Å². The lowest BCUT2D eigenvalue weighted by molar-refractivity contribution is 0.0995. The van der Waals surface area contributed by atoms with Gasteiger partial charge in [-0.2, -0.15) is 5.10 Å². The van der Waals surface area contributed by atoms with Crippen LogP contribution < -0.4 is 10.5 Å². The molecule has 3 N–H and O–H groups in total. The van der Waals surface area contributed by atoms with E-state index in [0.717, 1.165) is 11.3 Å². The summed E-state index contributed by atoms with van der Waals surface area (Å²) in [6.07, 6.45) is -0.702. The zero-order valence-corrected chi connectivity index (χ0v) is 12.9. The number of aliphatic hydroxyl groups is 1. The molecule has 2 aromatic rings. The van der Waals surface area contributed by atoms with Gasteiger partial charge in [-0.1, -0.05) is 18.8 Å². The fourth-order valence-corrected chi connectivity index (χ4v) is 2.43. The van der Waals surface area contributed by atoms with E-state index in [1.165, 1.54) is 0 Å². The molecule has 0 radical (unpaired) electrons. The number of nitrogens with zero attached hydrogens (tertiary/aromatic N) is 2. The van der Waals surface area contributed by atoms with E-state index in [-0.39, 0.29) is 11.6 Å². The molecular formula is C17H17N3O3. The lowest BCUT2D eigenvalue weighted by atomic mass is 10.1. The maximum Gasteiger partial charge on any atom is 0.269 e. The van der Waals surface area contributed by atoms with Crippen LogP contribution in [0.1, 0.15) is 41.5 Å². The van der Waals surface area contributed by atoms with E-state index in [1.807, 2.05) is 25.1 Å². The van der Waals surface area contributed by atoms with Gasteiger partial charge in [0.05, 0.1) is 12.3 Å². The van der Waals surface area contributed by atoms with Crippen molar-refractivity contribution >= 4 is 5.91 Å². The van der Waals surface area contributed by atoms with Crippen LogP contribution in [0.15, 0.2) is 24.3 Å². The number of aliphatic hydroxyl groups excluding tert-OH is 1. The van der Waals surface area contributed by atoms with Crippen LogP contribution in [0.5, 0.6) is 5.75 Å². The van der Waals surface area contributed by atoms with Crippen molar-refractivity contribution in [3.8, 4) is 23.3 Å². The molecule has 0 saturated heterocycles. The molecule has 0 fully saturated rings. The van der Waals surface area contributed by atoms with E-state index in [4.69, 9.17) is 10.5 Å². The summed E-state index contributed by atoms with van der Waals surface area (Å²) in [5.41, 5.74) is 7.86. The van der Waals surface area contributed by atoms with E-state index in [0.29, 0.717) is 18.0 Å². The number of nitrogens with two attached hydrogens (primary N) is 1. The summed E-state index contributed by atoms with van der Waals surface area (Å²) in [6.45, 7) is 4.08. The summed E-state index contributed by atoms with van der Waals surface area (Å²) < 4.78 is 7.49. The van der Waals surface area contributed by atoms with E-state index in [9.17, 15) is 9.90 Å². The first-order valence-electron chi connectivity index (χ1n) is 7.32. The Morgan fingerprint density at radius 3 is 3.00 bits per heavy atom. The van der Waals surface area contributed by atoms with E-state index < -0.39 is 12.0 Å². The van der Waals surface area contributed by atoms with Gasteiger partial charge in [-0.05, 0) is 31.2 Å². The van der Waals surface area contributed by atoms with Gasteiger partial charge in [-0.15, -0.1) is 0 Å². The van der Waals surface area contributed by atoms with Gasteiger partial charge in [0.15, 0.2) is 5.69 Å². The molecule has 1 aromatic carbocycles. The molecule has 23 heavy (non-hydrogen) atoms. The van der Waals surface area contributed by atoms with Crippen molar-refractivity contribution in [2.75, 3.05) is 6.61 Å². The quantitative estimate of drug-likeness (QED) is 0.774. The standard InChI is InChI=1S/C17H17N3O3/c1-10-9-23-16-6-5-12(4-3-11(2)21)7-15(16)20-14(10)8-13(19-20)17(18)22/h5-8,10-11,21H,9H2,1-2H3,(H2,18,22)/t10-,11?/m0/s1. The second-order valence-corrected chi connectivity index (χ2v) is 5.57. The average Bonchev–Trinajstić information content (AvgIpc) is 2.91. The molecule has 2 atom stereocenters. The predicted octanol–water partition coefficient (Wildman–Crippen LogP) is 1.20. The number of amides is 1. The Bertz CT molecular complexity index is 827. The lowest BCUT2D eigenvalue weighted by Crippen LogP contribution is -2.12. The topological polar surface area (TPSA) is 90.4 Å². The zero-order valence-electron chi connectivity index (χ0n) is 12.9. The monoisotopic (exact) mass is 311 g/mol. The van der Waals surface area contributed by atoms with Gasteiger partial charge >= 0.3 is 0 Å². The van der Waals surface area contributed by atoms with Gasteiger partial charge in [0, 0.05) is 11.5 Å². The van der Waals surface area contributed by atoms with Crippen molar-refractivity contribution in [2.24, 2.45) is 5.73 Å². The molecule has 6 heteroatoms. The molecule has 1 unspecified atom stereocenters. The number of aromatic nitrogens is 2. The van der Waals surface area contributed by atoms with Gasteiger partial charge in [-0.25, -0.2) is 4.68 Å². The number of hydrogen-bond donors (Lipinski definition) is 2. The third kappa shape index (κ3) is 2.91. The number of benzene rings is 1. The maximum absolute atomic E-state index is 11.4. The van der Waals surface area contributed by atoms with Gasteiger partial charge in [0.2, 0.25) is 0 Å².